The van der Waals surface area contributed by atoms with Crippen LogP contribution in [0.25, 0.3) is 0 Å². The van der Waals surface area contributed by atoms with Crippen LogP contribution in [-0.4, -0.2) is 58.9 Å². The molecule has 0 aromatic carbocycles. The highest BCUT2D eigenvalue weighted by molar-refractivity contribution is 7.99. The molecule has 0 bridgehead atoms. The quantitative estimate of drug-likeness (QED) is 0.916. The van der Waals surface area contributed by atoms with Crippen molar-refractivity contribution < 1.29 is 4.79 Å². The van der Waals surface area contributed by atoms with Gasteiger partial charge in [-0.25, -0.2) is 0 Å². The Bertz CT molecular complexity index is 509. The summed E-state index contributed by atoms with van der Waals surface area (Å²) in [6.45, 7) is 4.18. The number of rotatable bonds is 4. The molecule has 2 saturated heterocycles. The fraction of sp³-hybridized carbons (Fsp3) is 0.667. The lowest BCUT2D eigenvalue weighted by Crippen LogP contribution is -2.41. The average molecular weight is 323 g/mol. The molecule has 0 radical (unpaired) electrons. The largest absolute Gasteiger partial charge is 0.319 e. The van der Waals surface area contributed by atoms with E-state index in [1.54, 1.807) is 11.3 Å². The summed E-state index contributed by atoms with van der Waals surface area (Å²) in [6.07, 6.45) is 2.11. The standard InChI is InChI=1S/C15H21N3OS2/c19-14-15(3-4-15)16-13(12-2-1-9-21-12)18(14)6-5-17-7-10-20-11-8-17/h1-2,9,13,16H,3-8,10-11H2. The number of thiophene rings is 1. The van der Waals surface area contributed by atoms with Crippen molar-refractivity contribution >= 4 is 29.0 Å². The van der Waals surface area contributed by atoms with E-state index in [1.807, 2.05) is 11.8 Å². The van der Waals surface area contributed by atoms with Gasteiger partial charge in [-0.2, -0.15) is 11.8 Å². The first kappa shape index (κ1) is 14.1. The van der Waals surface area contributed by atoms with Crippen molar-refractivity contribution in [1.29, 1.82) is 0 Å². The molecule has 1 aliphatic carbocycles. The van der Waals surface area contributed by atoms with Gasteiger partial charge in [0.1, 0.15) is 11.7 Å². The van der Waals surface area contributed by atoms with Gasteiger partial charge < -0.3 is 4.90 Å². The molecule has 1 spiro atoms. The third kappa shape index (κ3) is 2.63. The van der Waals surface area contributed by atoms with Crippen LogP contribution in [0.5, 0.6) is 0 Å². The highest BCUT2D eigenvalue weighted by Gasteiger charge is 2.59. The zero-order valence-electron chi connectivity index (χ0n) is 12.1. The Morgan fingerprint density at radius 3 is 2.76 bits per heavy atom. The topological polar surface area (TPSA) is 35.6 Å². The number of carbonyl (C=O) groups is 1. The maximum Gasteiger partial charge on any atom is 0.244 e. The highest BCUT2D eigenvalue weighted by Crippen LogP contribution is 2.46. The molecule has 4 rings (SSSR count). The summed E-state index contributed by atoms with van der Waals surface area (Å²) in [5, 5.41) is 5.69. The lowest BCUT2D eigenvalue weighted by atomic mass is 10.3. The molecule has 3 heterocycles. The van der Waals surface area contributed by atoms with Crippen LogP contribution in [0.3, 0.4) is 0 Å². The molecule has 21 heavy (non-hydrogen) atoms. The first-order valence-electron chi connectivity index (χ1n) is 7.71. The van der Waals surface area contributed by atoms with Crippen LogP contribution < -0.4 is 5.32 Å². The Morgan fingerprint density at radius 2 is 2.10 bits per heavy atom. The molecule has 4 nitrogen and oxygen atoms in total. The number of nitrogens with zero attached hydrogens (tertiary/aromatic N) is 2. The first-order chi connectivity index (χ1) is 10.3. The summed E-state index contributed by atoms with van der Waals surface area (Å²) in [5.74, 6) is 2.78. The van der Waals surface area contributed by atoms with E-state index in [-0.39, 0.29) is 11.7 Å². The van der Waals surface area contributed by atoms with E-state index in [0.717, 1.165) is 39.0 Å². The maximum atomic E-state index is 12.7. The summed E-state index contributed by atoms with van der Waals surface area (Å²) < 4.78 is 0. The van der Waals surface area contributed by atoms with Crippen molar-refractivity contribution in [2.24, 2.45) is 0 Å². The molecule has 3 fully saturated rings. The van der Waals surface area contributed by atoms with Gasteiger partial charge in [0.05, 0.1) is 0 Å². The van der Waals surface area contributed by atoms with E-state index in [2.05, 4.69) is 32.6 Å². The molecular formula is C15H21N3OS2. The van der Waals surface area contributed by atoms with Gasteiger partial charge in [0, 0.05) is 42.6 Å². The van der Waals surface area contributed by atoms with E-state index in [0.29, 0.717) is 5.91 Å². The monoisotopic (exact) mass is 323 g/mol. The molecule has 1 amide bonds. The van der Waals surface area contributed by atoms with Crippen molar-refractivity contribution in [2.45, 2.75) is 24.5 Å². The molecule has 2 aliphatic heterocycles. The van der Waals surface area contributed by atoms with Gasteiger partial charge in [-0.1, -0.05) is 6.07 Å². The summed E-state index contributed by atoms with van der Waals surface area (Å²) in [6, 6.07) is 4.21. The second kappa shape index (κ2) is 5.57. The summed E-state index contributed by atoms with van der Waals surface area (Å²) in [4.78, 5) is 18.6. The summed E-state index contributed by atoms with van der Waals surface area (Å²) >= 11 is 3.78. The molecule has 114 valence electrons. The minimum absolute atomic E-state index is 0.0964. The van der Waals surface area contributed by atoms with Crippen molar-refractivity contribution in [3.63, 3.8) is 0 Å². The maximum absolute atomic E-state index is 12.7. The predicted molar refractivity (Wildman–Crippen MR) is 87.6 cm³/mol. The minimum Gasteiger partial charge on any atom is -0.319 e. The smallest absolute Gasteiger partial charge is 0.244 e. The van der Waals surface area contributed by atoms with Crippen LogP contribution in [0.15, 0.2) is 17.5 Å². The third-order valence-corrected chi connectivity index (χ3v) is 6.59. The Labute approximate surface area is 133 Å². The fourth-order valence-electron chi connectivity index (χ4n) is 3.25. The van der Waals surface area contributed by atoms with Crippen molar-refractivity contribution in [1.82, 2.24) is 15.1 Å². The molecule has 1 N–H and O–H groups in total. The zero-order chi connectivity index (χ0) is 14.3. The van der Waals surface area contributed by atoms with Crippen LogP contribution in [-0.2, 0) is 4.79 Å². The molecular weight excluding hydrogens is 302 g/mol. The molecule has 1 atom stereocenters. The molecule has 1 aromatic rings. The van der Waals surface area contributed by atoms with Crippen molar-refractivity contribution in [3.8, 4) is 0 Å². The highest BCUT2D eigenvalue weighted by atomic mass is 32.2. The van der Waals surface area contributed by atoms with E-state index in [1.165, 1.54) is 16.4 Å². The number of carbonyl (C=O) groups excluding carboxylic acids is 1. The molecule has 3 aliphatic rings. The minimum atomic E-state index is -0.216. The van der Waals surface area contributed by atoms with Gasteiger partial charge >= 0.3 is 0 Å². The van der Waals surface area contributed by atoms with E-state index in [9.17, 15) is 4.79 Å². The molecule has 1 aromatic heterocycles. The Hall–Kier alpha value is -0.560. The van der Waals surface area contributed by atoms with Crippen LogP contribution in [0.1, 0.15) is 23.9 Å². The fourth-order valence-corrected chi connectivity index (χ4v) is 5.02. The second-order valence-corrected chi connectivity index (χ2v) is 8.30. The van der Waals surface area contributed by atoms with Gasteiger partial charge in [-0.3, -0.25) is 15.0 Å². The van der Waals surface area contributed by atoms with Crippen molar-refractivity contribution in [2.75, 3.05) is 37.7 Å². The second-order valence-electron chi connectivity index (χ2n) is 6.10. The Morgan fingerprint density at radius 1 is 1.29 bits per heavy atom. The Balaban J connectivity index is 1.46. The van der Waals surface area contributed by atoms with E-state index >= 15 is 0 Å². The van der Waals surface area contributed by atoms with E-state index in [4.69, 9.17) is 0 Å². The van der Waals surface area contributed by atoms with Crippen molar-refractivity contribution in [3.05, 3.63) is 22.4 Å². The number of hydrogen-bond donors (Lipinski definition) is 1. The summed E-state index contributed by atoms with van der Waals surface area (Å²) in [7, 11) is 0. The van der Waals surface area contributed by atoms with Crippen LogP contribution in [0, 0.1) is 0 Å². The Kier molecular flexibility index (Phi) is 3.73. The van der Waals surface area contributed by atoms with Gasteiger partial charge in [-0.05, 0) is 24.3 Å². The lowest BCUT2D eigenvalue weighted by molar-refractivity contribution is -0.131. The summed E-state index contributed by atoms with van der Waals surface area (Å²) in [5.41, 5.74) is -0.216. The first-order valence-corrected chi connectivity index (χ1v) is 9.74. The average Bonchev–Trinajstić information content (AvgIpc) is 2.99. The normalized spacial score (nSPS) is 28.5. The van der Waals surface area contributed by atoms with E-state index < -0.39 is 0 Å². The van der Waals surface area contributed by atoms with Crippen LogP contribution >= 0.6 is 23.1 Å². The lowest BCUT2D eigenvalue weighted by Gasteiger charge is -2.30. The number of hydrogen-bond acceptors (Lipinski definition) is 5. The van der Waals surface area contributed by atoms with Gasteiger partial charge in [0.15, 0.2) is 0 Å². The SMILES string of the molecule is O=C1N(CCN2CCSCC2)C(c2cccs2)NC12CC2. The van der Waals surface area contributed by atoms with Crippen LogP contribution in [0.2, 0.25) is 0 Å². The number of amides is 1. The third-order valence-electron chi connectivity index (χ3n) is 4.72. The van der Waals surface area contributed by atoms with Gasteiger partial charge in [-0.15, -0.1) is 11.3 Å². The van der Waals surface area contributed by atoms with Gasteiger partial charge in [0.2, 0.25) is 5.91 Å². The number of thioether (sulfide) groups is 1. The zero-order valence-corrected chi connectivity index (χ0v) is 13.7. The predicted octanol–water partition coefficient (Wildman–Crippen LogP) is 1.76. The van der Waals surface area contributed by atoms with Crippen LogP contribution in [0.4, 0.5) is 0 Å². The van der Waals surface area contributed by atoms with Gasteiger partial charge in [0.25, 0.3) is 0 Å². The molecule has 1 unspecified atom stereocenters. The molecule has 6 heteroatoms. The number of nitrogens with one attached hydrogen (secondary N) is 1. The molecule has 1 saturated carbocycles.